The SMILES string of the molecule is CN(C)c1ccc(OCCCCCCOc2ccc(Cl)cc2)cc1. The predicted molar refractivity (Wildman–Crippen MR) is 102 cm³/mol. The highest BCUT2D eigenvalue weighted by Gasteiger charge is 1.98. The molecule has 24 heavy (non-hydrogen) atoms. The number of benzene rings is 2. The Morgan fingerprint density at radius 3 is 1.62 bits per heavy atom. The summed E-state index contributed by atoms with van der Waals surface area (Å²) in [6, 6.07) is 15.7. The van der Waals surface area contributed by atoms with Crippen LogP contribution in [0.1, 0.15) is 25.7 Å². The van der Waals surface area contributed by atoms with Gasteiger partial charge in [0, 0.05) is 24.8 Å². The van der Waals surface area contributed by atoms with Gasteiger partial charge >= 0.3 is 0 Å². The first-order valence-electron chi connectivity index (χ1n) is 8.44. The van der Waals surface area contributed by atoms with E-state index in [9.17, 15) is 0 Å². The van der Waals surface area contributed by atoms with Gasteiger partial charge in [-0.15, -0.1) is 0 Å². The number of hydrogen-bond acceptors (Lipinski definition) is 3. The van der Waals surface area contributed by atoms with Crippen LogP contribution in [0.15, 0.2) is 48.5 Å². The Morgan fingerprint density at radius 1 is 0.708 bits per heavy atom. The Hall–Kier alpha value is -1.87. The smallest absolute Gasteiger partial charge is 0.119 e. The Labute approximate surface area is 150 Å². The standard InChI is InChI=1S/C20H26ClNO2/c1-22(2)18-9-13-20(14-10-18)24-16-6-4-3-5-15-23-19-11-7-17(21)8-12-19/h7-14H,3-6,15-16H2,1-2H3. The molecule has 0 spiro atoms. The maximum Gasteiger partial charge on any atom is 0.119 e. The van der Waals surface area contributed by atoms with E-state index in [0.717, 1.165) is 55.4 Å². The van der Waals surface area contributed by atoms with E-state index in [2.05, 4.69) is 17.0 Å². The van der Waals surface area contributed by atoms with Crippen LogP contribution in [0.2, 0.25) is 5.02 Å². The van der Waals surface area contributed by atoms with Crippen LogP contribution in [0.25, 0.3) is 0 Å². The van der Waals surface area contributed by atoms with E-state index >= 15 is 0 Å². The number of anilines is 1. The van der Waals surface area contributed by atoms with Gasteiger partial charge in [-0.1, -0.05) is 11.6 Å². The molecule has 0 amide bonds. The Bertz CT molecular complexity index is 582. The van der Waals surface area contributed by atoms with Gasteiger partial charge in [0.15, 0.2) is 0 Å². The number of nitrogens with zero attached hydrogens (tertiary/aromatic N) is 1. The minimum atomic E-state index is 0.735. The van der Waals surface area contributed by atoms with E-state index in [4.69, 9.17) is 21.1 Å². The van der Waals surface area contributed by atoms with E-state index in [1.54, 1.807) is 0 Å². The summed E-state index contributed by atoms with van der Waals surface area (Å²) >= 11 is 5.84. The van der Waals surface area contributed by atoms with Crippen molar-refractivity contribution in [3.05, 3.63) is 53.6 Å². The number of unbranched alkanes of at least 4 members (excludes halogenated alkanes) is 3. The number of ether oxygens (including phenoxy) is 2. The van der Waals surface area contributed by atoms with Gasteiger partial charge in [0.2, 0.25) is 0 Å². The van der Waals surface area contributed by atoms with Crippen LogP contribution >= 0.6 is 11.6 Å². The molecule has 0 heterocycles. The van der Waals surface area contributed by atoms with Gasteiger partial charge in [-0.25, -0.2) is 0 Å². The van der Waals surface area contributed by atoms with Gasteiger partial charge in [-0.2, -0.15) is 0 Å². The number of rotatable bonds is 10. The molecular formula is C20H26ClNO2. The molecule has 0 saturated heterocycles. The molecule has 0 aliphatic rings. The van der Waals surface area contributed by atoms with Crippen molar-refractivity contribution in [1.29, 1.82) is 0 Å². The van der Waals surface area contributed by atoms with Crippen LogP contribution in [-0.2, 0) is 0 Å². The van der Waals surface area contributed by atoms with Crippen LogP contribution in [0.4, 0.5) is 5.69 Å². The van der Waals surface area contributed by atoms with Crippen molar-refractivity contribution in [3.63, 3.8) is 0 Å². The average Bonchev–Trinajstić information content (AvgIpc) is 2.59. The summed E-state index contributed by atoms with van der Waals surface area (Å²) in [7, 11) is 4.07. The second kappa shape index (κ2) is 10.1. The number of halogens is 1. The highest BCUT2D eigenvalue weighted by Crippen LogP contribution is 2.18. The summed E-state index contributed by atoms with van der Waals surface area (Å²) in [4.78, 5) is 2.08. The monoisotopic (exact) mass is 347 g/mol. The largest absolute Gasteiger partial charge is 0.494 e. The fraction of sp³-hybridized carbons (Fsp3) is 0.400. The zero-order chi connectivity index (χ0) is 17.2. The zero-order valence-electron chi connectivity index (χ0n) is 14.5. The molecule has 2 aromatic carbocycles. The minimum Gasteiger partial charge on any atom is -0.494 e. The van der Waals surface area contributed by atoms with Crippen LogP contribution in [0.5, 0.6) is 11.5 Å². The van der Waals surface area contributed by atoms with Crippen molar-refractivity contribution < 1.29 is 9.47 Å². The second-order valence-electron chi connectivity index (χ2n) is 5.95. The van der Waals surface area contributed by atoms with Crippen LogP contribution in [0, 0.1) is 0 Å². The first kappa shape index (κ1) is 18.5. The van der Waals surface area contributed by atoms with Crippen LogP contribution < -0.4 is 14.4 Å². The van der Waals surface area contributed by atoms with E-state index < -0.39 is 0 Å². The molecular weight excluding hydrogens is 322 g/mol. The quantitative estimate of drug-likeness (QED) is 0.535. The molecule has 130 valence electrons. The highest BCUT2D eigenvalue weighted by molar-refractivity contribution is 6.30. The van der Waals surface area contributed by atoms with Crippen molar-refractivity contribution in [2.24, 2.45) is 0 Å². The van der Waals surface area contributed by atoms with E-state index in [1.807, 2.05) is 50.5 Å². The summed E-state index contributed by atoms with van der Waals surface area (Å²) in [5, 5.41) is 0.735. The molecule has 0 aliphatic carbocycles. The molecule has 3 nitrogen and oxygen atoms in total. The lowest BCUT2D eigenvalue weighted by Crippen LogP contribution is -2.08. The highest BCUT2D eigenvalue weighted by atomic mass is 35.5. The molecule has 2 aromatic rings. The van der Waals surface area contributed by atoms with Crippen molar-refractivity contribution >= 4 is 17.3 Å². The molecule has 0 bridgehead atoms. The topological polar surface area (TPSA) is 21.7 Å². The first-order valence-corrected chi connectivity index (χ1v) is 8.81. The maximum atomic E-state index is 5.84. The van der Waals surface area contributed by atoms with Gasteiger partial charge in [0.25, 0.3) is 0 Å². The Morgan fingerprint density at radius 2 is 1.17 bits per heavy atom. The van der Waals surface area contributed by atoms with Crippen molar-refractivity contribution in [3.8, 4) is 11.5 Å². The molecule has 0 atom stereocenters. The molecule has 0 fully saturated rings. The normalized spacial score (nSPS) is 10.5. The summed E-state index contributed by atoms with van der Waals surface area (Å²) < 4.78 is 11.4. The van der Waals surface area contributed by atoms with Crippen LogP contribution in [0.3, 0.4) is 0 Å². The Balaban J connectivity index is 1.50. The van der Waals surface area contributed by atoms with Crippen LogP contribution in [-0.4, -0.2) is 27.3 Å². The fourth-order valence-electron chi connectivity index (χ4n) is 2.31. The van der Waals surface area contributed by atoms with E-state index in [-0.39, 0.29) is 0 Å². The lowest BCUT2D eigenvalue weighted by Gasteiger charge is -2.13. The minimum absolute atomic E-state index is 0.735. The lowest BCUT2D eigenvalue weighted by atomic mass is 10.2. The first-order chi connectivity index (χ1) is 11.6. The fourth-order valence-corrected chi connectivity index (χ4v) is 2.44. The summed E-state index contributed by atoms with van der Waals surface area (Å²) in [6.07, 6.45) is 4.42. The molecule has 2 rings (SSSR count). The molecule has 0 aromatic heterocycles. The summed E-state index contributed by atoms with van der Waals surface area (Å²) in [6.45, 7) is 1.51. The number of hydrogen-bond donors (Lipinski definition) is 0. The Kier molecular flexibility index (Phi) is 7.76. The third kappa shape index (κ3) is 6.71. The maximum absolute atomic E-state index is 5.84. The molecule has 0 N–H and O–H groups in total. The second-order valence-corrected chi connectivity index (χ2v) is 6.39. The lowest BCUT2D eigenvalue weighted by molar-refractivity contribution is 0.287. The molecule has 0 aliphatic heterocycles. The van der Waals surface area contributed by atoms with Gasteiger partial charge in [-0.05, 0) is 74.2 Å². The van der Waals surface area contributed by atoms with Crippen molar-refractivity contribution in [1.82, 2.24) is 0 Å². The van der Waals surface area contributed by atoms with E-state index in [1.165, 1.54) is 5.69 Å². The zero-order valence-corrected chi connectivity index (χ0v) is 15.3. The summed E-state index contributed by atoms with van der Waals surface area (Å²) in [5.74, 6) is 1.82. The van der Waals surface area contributed by atoms with Crippen molar-refractivity contribution in [2.45, 2.75) is 25.7 Å². The average molecular weight is 348 g/mol. The predicted octanol–water partition coefficient (Wildman–Crippen LogP) is 5.42. The third-order valence-electron chi connectivity index (χ3n) is 3.74. The molecule has 0 radical (unpaired) electrons. The summed E-state index contributed by atoms with van der Waals surface area (Å²) in [5.41, 5.74) is 1.18. The van der Waals surface area contributed by atoms with Gasteiger partial charge in [0.05, 0.1) is 13.2 Å². The van der Waals surface area contributed by atoms with Gasteiger partial charge in [-0.3, -0.25) is 0 Å². The molecule has 4 heteroatoms. The van der Waals surface area contributed by atoms with Gasteiger partial charge in [0.1, 0.15) is 11.5 Å². The van der Waals surface area contributed by atoms with Crippen molar-refractivity contribution in [2.75, 3.05) is 32.2 Å². The third-order valence-corrected chi connectivity index (χ3v) is 3.99. The van der Waals surface area contributed by atoms with E-state index in [0.29, 0.717) is 0 Å². The molecule has 0 saturated carbocycles. The molecule has 0 unspecified atom stereocenters. The van der Waals surface area contributed by atoms with Gasteiger partial charge < -0.3 is 14.4 Å².